The van der Waals surface area contributed by atoms with Gasteiger partial charge in [-0.25, -0.2) is 4.36 Å². The molecule has 64 valence electrons. The van der Waals surface area contributed by atoms with Crippen molar-refractivity contribution in [1.29, 1.82) is 0 Å². The summed E-state index contributed by atoms with van der Waals surface area (Å²) in [5, 5.41) is 0. The first kappa shape index (κ1) is 9.33. The van der Waals surface area contributed by atoms with Gasteiger partial charge in [-0.05, 0) is 17.0 Å². The second kappa shape index (κ2) is 4.31. The van der Waals surface area contributed by atoms with E-state index in [0.29, 0.717) is 12.5 Å². The van der Waals surface area contributed by atoms with Gasteiger partial charge in [0.1, 0.15) is 0 Å². The summed E-state index contributed by atoms with van der Waals surface area (Å²) in [6.45, 7) is 5.02. The van der Waals surface area contributed by atoms with Crippen molar-refractivity contribution in [3.8, 4) is 0 Å². The number of hydrogen-bond donors (Lipinski definition) is 0. The molecule has 1 nitrogen and oxygen atoms in total. The number of rotatable bonds is 3. The van der Waals surface area contributed by atoms with Gasteiger partial charge in [-0.1, -0.05) is 38.1 Å². The van der Waals surface area contributed by atoms with Crippen molar-refractivity contribution in [1.82, 2.24) is 0 Å². The molecule has 1 rings (SSSR count). The fraction of sp³-hybridized carbons (Fsp3) is 0.400. The minimum absolute atomic E-state index is 0.554. The van der Waals surface area contributed by atoms with Gasteiger partial charge < -0.3 is 0 Å². The first-order chi connectivity index (χ1) is 5.75. The third-order valence-electron chi connectivity index (χ3n) is 1.91. The highest BCUT2D eigenvalue weighted by Crippen LogP contribution is 2.19. The molecular weight excluding hydrogens is 166 g/mol. The average Bonchev–Trinajstić information content (AvgIpc) is 2.05. The standard InChI is InChI=1S/C10H13NS/c1-8(2)10-6-4-3-5-9(10)7-11-12/h3-6,8H,7H2,1-2H3. The van der Waals surface area contributed by atoms with Gasteiger partial charge >= 0.3 is 0 Å². The summed E-state index contributed by atoms with van der Waals surface area (Å²) in [5.41, 5.74) is 2.61. The fourth-order valence-electron chi connectivity index (χ4n) is 1.31. The van der Waals surface area contributed by atoms with Crippen LogP contribution in [0.5, 0.6) is 0 Å². The molecule has 0 N–H and O–H groups in total. The van der Waals surface area contributed by atoms with Crippen LogP contribution < -0.4 is 0 Å². The Morgan fingerprint density at radius 1 is 1.33 bits per heavy atom. The van der Waals surface area contributed by atoms with Gasteiger partial charge in [0.15, 0.2) is 0 Å². The zero-order valence-corrected chi connectivity index (χ0v) is 8.27. The van der Waals surface area contributed by atoms with Crippen molar-refractivity contribution in [3.63, 3.8) is 0 Å². The largest absolute Gasteiger partial charge is 0.215 e. The maximum Gasteiger partial charge on any atom is 0.0774 e. The summed E-state index contributed by atoms with van der Waals surface area (Å²) in [6, 6.07) is 8.32. The van der Waals surface area contributed by atoms with Crippen LogP contribution in [-0.4, -0.2) is 0 Å². The lowest BCUT2D eigenvalue weighted by atomic mass is 9.97. The number of hydrogen-bond acceptors (Lipinski definition) is 2. The van der Waals surface area contributed by atoms with Gasteiger partial charge in [0, 0.05) is 12.4 Å². The molecule has 1 aromatic carbocycles. The third-order valence-corrected chi connectivity index (χ3v) is 2.04. The minimum Gasteiger partial charge on any atom is -0.215 e. The van der Waals surface area contributed by atoms with Crippen LogP contribution in [0.2, 0.25) is 0 Å². The van der Waals surface area contributed by atoms with Crippen molar-refractivity contribution < 1.29 is 0 Å². The Labute approximate surface area is 79.0 Å². The lowest BCUT2D eigenvalue weighted by molar-refractivity contribution is 0.842. The Morgan fingerprint density at radius 2 is 2.00 bits per heavy atom. The van der Waals surface area contributed by atoms with Gasteiger partial charge in [-0.15, -0.1) is 0 Å². The van der Waals surface area contributed by atoms with Crippen molar-refractivity contribution in [2.45, 2.75) is 26.3 Å². The van der Waals surface area contributed by atoms with Crippen molar-refractivity contribution in [2.75, 3.05) is 0 Å². The molecule has 0 saturated carbocycles. The Kier molecular flexibility index (Phi) is 3.35. The van der Waals surface area contributed by atoms with Crippen LogP contribution in [0.1, 0.15) is 30.9 Å². The van der Waals surface area contributed by atoms with Crippen LogP contribution in [0.25, 0.3) is 0 Å². The van der Waals surface area contributed by atoms with E-state index in [4.69, 9.17) is 0 Å². The zero-order valence-electron chi connectivity index (χ0n) is 7.45. The Morgan fingerprint density at radius 3 is 2.58 bits per heavy atom. The van der Waals surface area contributed by atoms with E-state index in [0.717, 1.165) is 0 Å². The Balaban J connectivity index is 2.99. The molecule has 2 heteroatoms. The molecule has 0 fully saturated rings. The highest BCUT2D eigenvalue weighted by Gasteiger charge is 2.03. The van der Waals surface area contributed by atoms with Crippen LogP contribution in [0, 0.1) is 0 Å². The normalized spacial score (nSPS) is 10.2. The van der Waals surface area contributed by atoms with Crippen LogP contribution in [0.3, 0.4) is 0 Å². The lowest BCUT2D eigenvalue weighted by Gasteiger charge is -2.09. The molecule has 0 aliphatic rings. The highest BCUT2D eigenvalue weighted by atomic mass is 32.1. The van der Waals surface area contributed by atoms with Crippen molar-refractivity contribution in [2.24, 2.45) is 4.36 Å². The average molecular weight is 179 g/mol. The van der Waals surface area contributed by atoms with E-state index in [2.05, 4.69) is 48.8 Å². The second-order valence-corrected chi connectivity index (χ2v) is 3.40. The molecule has 0 heterocycles. The first-order valence-corrected chi connectivity index (χ1v) is 4.49. The molecule has 1 aromatic rings. The highest BCUT2D eigenvalue weighted by molar-refractivity contribution is 7.47. The minimum atomic E-state index is 0.554. The Hall–Kier alpha value is -0.760. The molecule has 0 aliphatic heterocycles. The predicted molar refractivity (Wildman–Crippen MR) is 54.0 cm³/mol. The molecule has 0 radical (unpaired) electrons. The molecule has 0 atom stereocenters. The van der Waals surface area contributed by atoms with E-state index in [1.807, 2.05) is 6.07 Å². The van der Waals surface area contributed by atoms with E-state index in [9.17, 15) is 0 Å². The van der Waals surface area contributed by atoms with E-state index < -0.39 is 0 Å². The zero-order chi connectivity index (χ0) is 8.97. The molecule has 0 saturated heterocycles. The molecule has 0 amide bonds. The van der Waals surface area contributed by atoms with E-state index in [1.165, 1.54) is 11.1 Å². The molecule has 0 unspecified atom stereocenters. The maximum absolute atomic E-state index is 4.61. The van der Waals surface area contributed by atoms with Crippen LogP contribution >= 0.6 is 0 Å². The molecule has 0 aliphatic carbocycles. The third kappa shape index (κ3) is 2.11. The quantitative estimate of drug-likeness (QED) is 0.694. The predicted octanol–water partition coefficient (Wildman–Crippen LogP) is 3.04. The smallest absolute Gasteiger partial charge is 0.0774 e. The topological polar surface area (TPSA) is 12.4 Å². The monoisotopic (exact) mass is 179 g/mol. The summed E-state index contributed by atoms with van der Waals surface area (Å²) >= 11 is 4.61. The van der Waals surface area contributed by atoms with Gasteiger partial charge in [0.05, 0.1) is 6.54 Å². The summed E-state index contributed by atoms with van der Waals surface area (Å²) in [5.74, 6) is 0.554. The van der Waals surface area contributed by atoms with E-state index in [-0.39, 0.29) is 0 Å². The van der Waals surface area contributed by atoms with Crippen molar-refractivity contribution >= 4 is 12.4 Å². The summed E-state index contributed by atoms with van der Waals surface area (Å²) in [4.78, 5) is 0. The second-order valence-electron chi connectivity index (χ2n) is 3.14. The Bertz CT molecular complexity index is 268. The molecule has 0 aromatic heterocycles. The molecule has 0 bridgehead atoms. The number of benzene rings is 1. The van der Waals surface area contributed by atoms with Gasteiger partial charge in [-0.3, -0.25) is 0 Å². The fourth-order valence-corrected chi connectivity index (χ4v) is 1.45. The van der Waals surface area contributed by atoms with Crippen LogP contribution in [0.15, 0.2) is 28.6 Å². The van der Waals surface area contributed by atoms with Gasteiger partial charge in [-0.2, -0.15) is 0 Å². The lowest BCUT2D eigenvalue weighted by Crippen LogP contribution is -1.94. The van der Waals surface area contributed by atoms with E-state index in [1.54, 1.807) is 0 Å². The summed E-state index contributed by atoms with van der Waals surface area (Å²) in [6.07, 6.45) is 0. The summed E-state index contributed by atoms with van der Waals surface area (Å²) in [7, 11) is 0. The molecular formula is C10H13NS. The van der Waals surface area contributed by atoms with Crippen LogP contribution in [-0.2, 0) is 19.0 Å². The molecule has 12 heavy (non-hydrogen) atoms. The SMILES string of the molecule is CC(C)c1ccccc1CN=S. The van der Waals surface area contributed by atoms with Crippen LogP contribution in [0.4, 0.5) is 0 Å². The number of nitrogens with zero attached hydrogens (tertiary/aromatic N) is 1. The van der Waals surface area contributed by atoms with E-state index >= 15 is 0 Å². The maximum atomic E-state index is 4.61. The first-order valence-electron chi connectivity index (χ1n) is 4.12. The summed E-state index contributed by atoms with van der Waals surface area (Å²) < 4.78 is 3.73. The van der Waals surface area contributed by atoms with Crippen molar-refractivity contribution in [3.05, 3.63) is 35.4 Å². The van der Waals surface area contributed by atoms with Gasteiger partial charge in [0.25, 0.3) is 0 Å². The van der Waals surface area contributed by atoms with Gasteiger partial charge in [0.2, 0.25) is 0 Å². The molecule has 0 spiro atoms.